The van der Waals surface area contributed by atoms with Gasteiger partial charge in [0.05, 0.1) is 9.79 Å². The molecule has 12 nitrogen and oxygen atoms in total. The number of pyridine rings is 2. The van der Waals surface area contributed by atoms with E-state index in [0.717, 1.165) is 55.2 Å². The van der Waals surface area contributed by atoms with Crippen molar-refractivity contribution in [3.63, 3.8) is 0 Å². The molecular formula is C36H44N4O8S3. The monoisotopic (exact) mass is 756 g/mol. The van der Waals surface area contributed by atoms with Gasteiger partial charge in [0.15, 0.2) is 11.5 Å². The number of aromatic nitrogens is 2. The van der Waals surface area contributed by atoms with E-state index in [9.17, 15) is 36.6 Å². The number of aromatic hydroxyl groups is 2. The van der Waals surface area contributed by atoms with Crippen molar-refractivity contribution in [1.29, 1.82) is 0 Å². The molecule has 4 aromatic rings. The van der Waals surface area contributed by atoms with Crippen LogP contribution in [0, 0.1) is 13.8 Å². The van der Waals surface area contributed by atoms with Gasteiger partial charge in [-0.15, -0.1) is 11.8 Å². The highest BCUT2D eigenvalue weighted by molar-refractivity contribution is 7.99. The summed E-state index contributed by atoms with van der Waals surface area (Å²) in [5.74, 6) is 0.851. The first-order valence-electron chi connectivity index (χ1n) is 16.8. The fraction of sp³-hybridized carbons (Fsp3) is 0.389. The second-order valence-corrected chi connectivity index (χ2v) is 17.6. The molecule has 0 atom stereocenters. The summed E-state index contributed by atoms with van der Waals surface area (Å²) in [4.78, 5) is 29.3. The summed E-state index contributed by atoms with van der Waals surface area (Å²) < 4.78 is 51.9. The summed E-state index contributed by atoms with van der Waals surface area (Å²) in [5, 5.41) is 20.5. The largest absolute Gasteiger partial charge is 0.503 e. The number of hydrogen-bond acceptors (Lipinski definition) is 11. The third kappa shape index (κ3) is 9.13. The van der Waals surface area contributed by atoms with Gasteiger partial charge in [0.1, 0.15) is 0 Å². The maximum absolute atomic E-state index is 12.7. The topological polar surface area (TPSA) is 159 Å². The lowest BCUT2D eigenvalue weighted by molar-refractivity contribution is 0.236. The predicted octanol–water partition coefficient (Wildman–Crippen LogP) is 4.47. The highest BCUT2D eigenvalue weighted by Crippen LogP contribution is 2.22. The number of benzene rings is 2. The highest BCUT2D eigenvalue weighted by atomic mass is 32.2. The first-order chi connectivity index (χ1) is 24.3. The van der Waals surface area contributed by atoms with Crippen LogP contribution in [0.15, 0.2) is 92.4 Å². The molecule has 2 aromatic heterocycles. The minimum Gasteiger partial charge on any atom is -0.503 e. The van der Waals surface area contributed by atoms with Crippen LogP contribution in [0.3, 0.4) is 0 Å². The standard InChI is InChI=1S/C20H26N2O4S.C16H18N2O4S2/c1-16-7-9-18(10-8-16)27(25,26)22-14-11-17(19(23)20(22)24)15-21-12-5-3-2-4-6-13-21;1-12-2-4-14(5-3-12)24(21,22)18-7-6-13(15(19)16(18)20)10-17-8-9-23-11-17/h7-11,14,23H,2-6,12-13,15H2,1H3;2-7,19H,8-11H2,1H3. The normalized spacial score (nSPS) is 16.2. The van der Waals surface area contributed by atoms with Crippen LogP contribution in [-0.2, 0) is 33.1 Å². The molecular weight excluding hydrogens is 713 g/mol. The Morgan fingerprint density at radius 2 is 1.00 bits per heavy atom. The van der Waals surface area contributed by atoms with Crippen molar-refractivity contribution in [2.45, 2.75) is 68.8 Å². The third-order valence-electron chi connectivity index (χ3n) is 8.95. The van der Waals surface area contributed by atoms with Crippen LogP contribution in [-0.4, -0.2) is 76.1 Å². The van der Waals surface area contributed by atoms with Crippen molar-refractivity contribution in [2.75, 3.05) is 31.3 Å². The van der Waals surface area contributed by atoms with Gasteiger partial charge in [-0.3, -0.25) is 19.4 Å². The minimum absolute atomic E-state index is 0.0123. The van der Waals surface area contributed by atoms with Gasteiger partial charge in [-0.05, 0) is 76.2 Å². The van der Waals surface area contributed by atoms with Crippen molar-refractivity contribution >= 4 is 31.8 Å². The predicted molar refractivity (Wildman–Crippen MR) is 198 cm³/mol. The van der Waals surface area contributed by atoms with E-state index < -0.39 is 42.7 Å². The lowest BCUT2D eigenvalue weighted by Gasteiger charge is -2.24. The van der Waals surface area contributed by atoms with E-state index in [1.807, 2.05) is 13.8 Å². The van der Waals surface area contributed by atoms with Gasteiger partial charge < -0.3 is 10.2 Å². The lowest BCUT2D eigenvalue weighted by atomic mass is 10.1. The summed E-state index contributed by atoms with van der Waals surface area (Å²) >= 11 is 1.78. The van der Waals surface area contributed by atoms with Gasteiger partial charge in [-0.25, -0.2) is 24.8 Å². The van der Waals surface area contributed by atoms with Crippen molar-refractivity contribution in [2.24, 2.45) is 0 Å². The molecule has 2 saturated heterocycles. The highest BCUT2D eigenvalue weighted by Gasteiger charge is 2.24. The average molecular weight is 757 g/mol. The first-order valence-corrected chi connectivity index (χ1v) is 20.9. The maximum atomic E-state index is 12.7. The van der Waals surface area contributed by atoms with Crippen molar-refractivity contribution < 1.29 is 27.0 Å². The lowest BCUT2D eigenvalue weighted by Crippen LogP contribution is -2.30. The van der Waals surface area contributed by atoms with E-state index in [2.05, 4.69) is 9.80 Å². The van der Waals surface area contributed by atoms with Crippen LogP contribution >= 0.6 is 11.8 Å². The minimum atomic E-state index is -4.04. The Morgan fingerprint density at radius 3 is 1.41 bits per heavy atom. The number of hydrogen-bond donors (Lipinski definition) is 2. The molecule has 0 unspecified atom stereocenters. The van der Waals surface area contributed by atoms with Crippen LogP contribution in [0.1, 0.15) is 54.4 Å². The molecule has 2 N–H and O–H groups in total. The van der Waals surface area contributed by atoms with E-state index in [0.29, 0.717) is 32.2 Å². The van der Waals surface area contributed by atoms with Crippen molar-refractivity contribution in [3.8, 4) is 11.5 Å². The van der Waals surface area contributed by atoms with Gasteiger partial charge in [0, 0.05) is 54.8 Å². The molecule has 0 spiro atoms. The van der Waals surface area contributed by atoms with Gasteiger partial charge in [0.25, 0.3) is 20.0 Å². The van der Waals surface area contributed by atoms with Crippen LogP contribution in [0.2, 0.25) is 0 Å². The van der Waals surface area contributed by atoms with Gasteiger partial charge in [-0.2, -0.15) is 0 Å². The molecule has 4 heterocycles. The van der Waals surface area contributed by atoms with E-state index in [4.69, 9.17) is 0 Å². The van der Waals surface area contributed by atoms with Crippen LogP contribution in [0.4, 0.5) is 0 Å². The third-order valence-corrected chi connectivity index (χ3v) is 13.3. The molecule has 274 valence electrons. The Kier molecular flexibility index (Phi) is 12.5. The summed E-state index contributed by atoms with van der Waals surface area (Å²) in [6.07, 6.45) is 8.30. The summed E-state index contributed by atoms with van der Waals surface area (Å²) in [6.45, 7) is 7.31. The van der Waals surface area contributed by atoms with E-state index in [1.165, 1.54) is 68.1 Å². The molecule has 0 aliphatic carbocycles. The summed E-state index contributed by atoms with van der Waals surface area (Å²) in [7, 11) is -8.07. The molecule has 2 aliphatic heterocycles. The van der Waals surface area contributed by atoms with Gasteiger partial charge >= 0.3 is 11.1 Å². The average Bonchev–Trinajstić information content (AvgIpc) is 3.60. The fourth-order valence-electron chi connectivity index (χ4n) is 5.90. The van der Waals surface area contributed by atoms with Crippen LogP contribution in [0.5, 0.6) is 11.5 Å². The summed E-state index contributed by atoms with van der Waals surface area (Å²) in [5.41, 5.74) is 0.935. The SMILES string of the molecule is Cc1ccc(S(=O)(=O)n2ccc(CN3CCCCCCC3)c(O)c2=O)cc1.Cc1ccc(S(=O)(=O)n2ccc(CN3CCSC3)c(O)c2=O)cc1. The molecule has 2 fully saturated rings. The molecule has 15 heteroatoms. The number of thioether (sulfide) groups is 1. The number of nitrogens with zero attached hydrogens (tertiary/aromatic N) is 4. The van der Waals surface area contributed by atoms with Crippen LogP contribution in [0.25, 0.3) is 0 Å². The first kappa shape index (κ1) is 38.3. The zero-order chi connectivity index (χ0) is 36.8. The van der Waals surface area contributed by atoms with Gasteiger partial charge in [0.2, 0.25) is 0 Å². The Balaban J connectivity index is 0.000000199. The molecule has 51 heavy (non-hydrogen) atoms. The van der Waals surface area contributed by atoms with E-state index in [-0.39, 0.29) is 9.79 Å². The molecule has 0 radical (unpaired) electrons. The fourth-order valence-corrected chi connectivity index (χ4v) is 9.36. The molecule has 2 aromatic carbocycles. The molecule has 0 bridgehead atoms. The van der Waals surface area contributed by atoms with Crippen molar-refractivity contribution in [3.05, 3.63) is 116 Å². The smallest absolute Gasteiger partial charge is 0.306 e. The Hall–Kier alpha value is -3.89. The Bertz CT molecular complexity index is 2150. The zero-order valence-electron chi connectivity index (χ0n) is 28.8. The molecule has 2 aliphatic rings. The van der Waals surface area contributed by atoms with Crippen molar-refractivity contribution in [1.82, 2.24) is 17.7 Å². The number of aryl methyl sites for hydroxylation is 2. The second-order valence-electron chi connectivity index (χ2n) is 12.9. The Labute approximate surface area is 303 Å². The molecule has 0 amide bonds. The maximum Gasteiger partial charge on any atom is 0.306 e. The van der Waals surface area contributed by atoms with Gasteiger partial charge in [-0.1, -0.05) is 54.7 Å². The van der Waals surface area contributed by atoms with Crippen LogP contribution < -0.4 is 11.1 Å². The molecule has 6 rings (SSSR count). The quantitative estimate of drug-likeness (QED) is 0.261. The zero-order valence-corrected chi connectivity index (χ0v) is 31.2. The van der Waals surface area contributed by atoms with E-state index in [1.54, 1.807) is 36.0 Å². The van der Waals surface area contributed by atoms with E-state index >= 15 is 0 Å². The number of likely N-dealkylation sites (tertiary alicyclic amines) is 1. The molecule has 0 saturated carbocycles. The summed E-state index contributed by atoms with van der Waals surface area (Å²) in [6, 6.07) is 15.5. The Morgan fingerprint density at radius 1 is 0.588 bits per heavy atom. The second kappa shape index (κ2) is 16.6. The number of rotatable bonds is 8.